The second-order valence-electron chi connectivity index (χ2n) is 5.43. The molecule has 0 heterocycles. The lowest BCUT2D eigenvalue weighted by Crippen LogP contribution is -2.43. The van der Waals surface area contributed by atoms with Crippen molar-refractivity contribution in [2.45, 2.75) is 27.2 Å². The SMILES string of the molecule is CCN(C(=O)NCC(CC(C)C)C(=O)O)c1ccccc1. The van der Waals surface area contributed by atoms with Gasteiger partial charge in [0, 0.05) is 18.8 Å². The Labute approximate surface area is 126 Å². The van der Waals surface area contributed by atoms with Gasteiger partial charge in [-0.25, -0.2) is 4.79 Å². The highest BCUT2D eigenvalue weighted by Gasteiger charge is 2.21. The molecule has 0 aliphatic carbocycles. The van der Waals surface area contributed by atoms with Gasteiger partial charge < -0.3 is 10.4 Å². The number of para-hydroxylation sites is 1. The van der Waals surface area contributed by atoms with Gasteiger partial charge in [0.15, 0.2) is 0 Å². The molecule has 1 rings (SSSR count). The minimum atomic E-state index is -0.869. The van der Waals surface area contributed by atoms with Crippen LogP contribution in [-0.4, -0.2) is 30.2 Å². The van der Waals surface area contributed by atoms with Gasteiger partial charge in [-0.05, 0) is 31.4 Å². The van der Waals surface area contributed by atoms with Crippen molar-refractivity contribution in [3.8, 4) is 0 Å². The summed E-state index contributed by atoms with van der Waals surface area (Å²) in [5.41, 5.74) is 0.799. The molecule has 0 bridgehead atoms. The number of carbonyl (C=O) groups is 2. The lowest BCUT2D eigenvalue weighted by Gasteiger charge is -2.23. The third-order valence-electron chi connectivity index (χ3n) is 3.23. The van der Waals surface area contributed by atoms with Gasteiger partial charge in [0.05, 0.1) is 5.92 Å². The first kappa shape index (κ1) is 17.0. The summed E-state index contributed by atoms with van der Waals surface area (Å²) in [7, 11) is 0. The van der Waals surface area contributed by atoms with E-state index < -0.39 is 11.9 Å². The largest absolute Gasteiger partial charge is 0.481 e. The van der Waals surface area contributed by atoms with Crippen molar-refractivity contribution in [3.05, 3.63) is 30.3 Å². The fourth-order valence-electron chi connectivity index (χ4n) is 2.20. The van der Waals surface area contributed by atoms with Crippen LogP contribution in [0, 0.1) is 11.8 Å². The van der Waals surface area contributed by atoms with Crippen LogP contribution < -0.4 is 10.2 Å². The number of carboxylic acid groups (broad SMARTS) is 1. The average Bonchev–Trinajstić information content (AvgIpc) is 2.44. The number of hydrogen-bond donors (Lipinski definition) is 2. The third-order valence-corrected chi connectivity index (χ3v) is 3.23. The van der Waals surface area contributed by atoms with Crippen molar-refractivity contribution in [1.82, 2.24) is 5.32 Å². The van der Waals surface area contributed by atoms with Crippen molar-refractivity contribution in [2.24, 2.45) is 11.8 Å². The van der Waals surface area contributed by atoms with Gasteiger partial charge in [0.25, 0.3) is 0 Å². The summed E-state index contributed by atoms with van der Waals surface area (Å²) in [5.74, 6) is -1.14. The van der Waals surface area contributed by atoms with Gasteiger partial charge >= 0.3 is 12.0 Å². The minimum Gasteiger partial charge on any atom is -0.481 e. The summed E-state index contributed by atoms with van der Waals surface area (Å²) in [5, 5.41) is 11.9. The van der Waals surface area contributed by atoms with Gasteiger partial charge in [-0.2, -0.15) is 0 Å². The Bertz CT molecular complexity index is 460. The number of carbonyl (C=O) groups excluding carboxylic acids is 1. The predicted octanol–water partition coefficient (Wildman–Crippen LogP) is 2.97. The molecule has 21 heavy (non-hydrogen) atoms. The number of rotatable bonds is 7. The second-order valence-corrected chi connectivity index (χ2v) is 5.43. The molecule has 0 radical (unpaired) electrons. The minimum absolute atomic E-state index is 0.148. The van der Waals surface area contributed by atoms with Crippen LogP contribution in [0.5, 0.6) is 0 Å². The van der Waals surface area contributed by atoms with E-state index in [2.05, 4.69) is 5.32 Å². The summed E-state index contributed by atoms with van der Waals surface area (Å²) in [6.07, 6.45) is 0.549. The molecule has 0 fully saturated rings. The van der Waals surface area contributed by atoms with Gasteiger partial charge in [-0.3, -0.25) is 9.69 Å². The summed E-state index contributed by atoms with van der Waals surface area (Å²) >= 11 is 0. The smallest absolute Gasteiger partial charge is 0.321 e. The highest BCUT2D eigenvalue weighted by molar-refractivity contribution is 5.92. The Hall–Kier alpha value is -2.04. The topological polar surface area (TPSA) is 69.6 Å². The fourth-order valence-corrected chi connectivity index (χ4v) is 2.20. The molecule has 116 valence electrons. The number of hydrogen-bond acceptors (Lipinski definition) is 2. The highest BCUT2D eigenvalue weighted by Crippen LogP contribution is 2.14. The van der Waals surface area contributed by atoms with Crippen LogP contribution in [0.1, 0.15) is 27.2 Å². The Balaban J connectivity index is 2.64. The molecule has 0 spiro atoms. The number of nitrogens with zero attached hydrogens (tertiary/aromatic N) is 1. The van der Waals surface area contributed by atoms with Gasteiger partial charge in [-0.15, -0.1) is 0 Å². The fraction of sp³-hybridized carbons (Fsp3) is 0.500. The number of amides is 2. The van der Waals surface area contributed by atoms with Crippen LogP contribution in [0.4, 0.5) is 10.5 Å². The molecule has 2 N–H and O–H groups in total. The van der Waals surface area contributed by atoms with E-state index in [1.165, 1.54) is 0 Å². The molecule has 0 saturated heterocycles. The molecule has 0 aromatic heterocycles. The van der Waals surface area contributed by atoms with Crippen LogP contribution in [0.25, 0.3) is 0 Å². The van der Waals surface area contributed by atoms with E-state index in [0.29, 0.717) is 13.0 Å². The number of carboxylic acids is 1. The molecule has 5 heteroatoms. The van der Waals surface area contributed by atoms with Crippen molar-refractivity contribution >= 4 is 17.7 Å². The summed E-state index contributed by atoms with van der Waals surface area (Å²) in [6, 6.07) is 9.06. The Morgan fingerprint density at radius 3 is 2.33 bits per heavy atom. The van der Waals surface area contributed by atoms with E-state index in [1.807, 2.05) is 51.1 Å². The van der Waals surface area contributed by atoms with Crippen LogP contribution in [-0.2, 0) is 4.79 Å². The van der Waals surface area contributed by atoms with E-state index in [-0.39, 0.29) is 18.5 Å². The molecular weight excluding hydrogens is 268 g/mol. The van der Waals surface area contributed by atoms with Crippen molar-refractivity contribution in [3.63, 3.8) is 0 Å². The van der Waals surface area contributed by atoms with E-state index in [1.54, 1.807) is 4.90 Å². The number of nitrogens with one attached hydrogen (secondary N) is 1. The average molecular weight is 292 g/mol. The maximum Gasteiger partial charge on any atom is 0.321 e. The standard InChI is InChI=1S/C16H24N2O3/c1-4-18(14-8-6-5-7-9-14)16(21)17-11-13(15(19)20)10-12(2)3/h5-9,12-13H,4,10-11H2,1-3H3,(H,17,21)(H,19,20). The van der Waals surface area contributed by atoms with Gasteiger partial charge in [0.1, 0.15) is 0 Å². The van der Waals surface area contributed by atoms with Crippen molar-refractivity contribution in [1.29, 1.82) is 0 Å². The molecule has 0 aliphatic heterocycles. The zero-order valence-electron chi connectivity index (χ0n) is 12.9. The quantitative estimate of drug-likeness (QED) is 0.811. The Morgan fingerprint density at radius 2 is 1.86 bits per heavy atom. The summed E-state index contributed by atoms with van der Waals surface area (Å²) in [6.45, 7) is 6.50. The summed E-state index contributed by atoms with van der Waals surface area (Å²) in [4.78, 5) is 25.0. The molecule has 2 amide bonds. The van der Waals surface area contributed by atoms with Crippen LogP contribution in [0.3, 0.4) is 0 Å². The number of benzene rings is 1. The summed E-state index contributed by atoms with van der Waals surface area (Å²) < 4.78 is 0. The zero-order chi connectivity index (χ0) is 15.8. The van der Waals surface area contributed by atoms with Crippen molar-refractivity contribution < 1.29 is 14.7 Å². The maximum atomic E-state index is 12.2. The first-order valence-electron chi connectivity index (χ1n) is 7.28. The Kier molecular flexibility index (Phi) is 6.72. The van der Waals surface area contributed by atoms with Gasteiger partial charge in [0.2, 0.25) is 0 Å². The molecule has 1 aromatic carbocycles. The first-order valence-corrected chi connectivity index (χ1v) is 7.28. The van der Waals surface area contributed by atoms with E-state index in [0.717, 1.165) is 5.69 Å². The normalized spacial score (nSPS) is 12.0. The van der Waals surface area contributed by atoms with Crippen LogP contribution >= 0.6 is 0 Å². The molecule has 1 atom stereocenters. The van der Waals surface area contributed by atoms with E-state index >= 15 is 0 Å². The van der Waals surface area contributed by atoms with Crippen LogP contribution in [0.15, 0.2) is 30.3 Å². The first-order chi connectivity index (χ1) is 9.95. The molecule has 5 nitrogen and oxygen atoms in total. The highest BCUT2D eigenvalue weighted by atomic mass is 16.4. The molecule has 1 aromatic rings. The monoisotopic (exact) mass is 292 g/mol. The maximum absolute atomic E-state index is 12.2. The second kappa shape index (κ2) is 8.29. The van der Waals surface area contributed by atoms with Gasteiger partial charge in [-0.1, -0.05) is 32.0 Å². The van der Waals surface area contributed by atoms with E-state index in [4.69, 9.17) is 0 Å². The van der Waals surface area contributed by atoms with E-state index in [9.17, 15) is 14.7 Å². The zero-order valence-corrected chi connectivity index (χ0v) is 12.9. The lowest BCUT2D eigenvalue weighted by atomic mass is 9.97. The number of urea groups is 1. The lowest BCUT2D eigenvalue weighted by molar-refractivity contribution is -0.142. The number of aliphatic carboxylic acids is 1. The Morgan fingerprint density at radius 1 is 1.24 bits per heavy atom. The van der Waals surface area contributed by atoms with Crippen molar-refractivity contribution in [2.75, 3.05) is 18.0 Å². The predicted molar refractivity (Wildman–Crippen MR) is 83.4 cm³/mol. The number of anilines is 1. The molecule has 0 aliphatic rings. The van der Waals surface area contributed by atoms with Crippen LogP contribution in [0.2, 0.25) is 0 Å². The molecule has 0 saturated carbocycles. The third kappa shape index (κ3) is 5.45. The molecule has 1 unspecified atom stereocenters. The molecular formula is C16H24N2O3.